The van der Waals surface area contributed by atoms with Crippen LogP contribution in [0.15, 0.2) is 72.8 Å². The van der Waals surface area contributed by atoms with Gasteiger partial charge >= 0.3 is 6.09 Å². The van der Waals surface area contributed by atoms with E-state index in [0.29, 0.717) is 21.4 Å². The number of carboxylic acid groups (broad SMARTS) is 1. The van der Waals surface area contributed by atoms with Crippen molar-refractivity contribution in [2.45, 2.75) is 12.5 Å². The number of carbonyl (C=O) groups excluding carboxylic acids is 2. The van der Waals surface area contributed by atoms with Gasteiger partial charge in [0.05, 0.1) is 6.42 Å². The van der Waals surface area contributed by atoms with Crippen molar-refractivity contribution in [2.75, 3.05) is 15.5 Å². The molecule has 0 aliphatic heterocycles. The number of carbonyl (C=O) groups is 3. The van der Waals surface area contributed by atoms with Crippen LogP contribution in [0.4, 0.5) is 21.9 Å². The number of nitrogens with one attached hydrogen (secondary N) is 2. The van der Waals surface area contributed by atoms with Crippen molar-refractivity contribution in [1.82, 2.24) is 0 Å². The van der Waals surface area contributed by atoms with Gasteiger partial charge in [-0.2, -0.15) is 0 Å². The molecule has 3 rings (SSSR count). The zero-order valence-electron chi connectivity index (χ0n) is 17.0. The van der Waals surface area contributed by atoms with E-state index in [9.17, 15) is 19.5 Å². The van der Waals surface area contributed by atoms with E-state index in [2.05, 4.69) is 10.6 Å². The SMILES string of the molecule is O=C(CC(C(=O)Nc1cccc(Cl)c1)N(C(=O)O)c1cccc(Cl)c1)Nc1cccc(Cl)c1. The van der Waals surface area contributed by atoms with E-state index < -0.39 is 30.4 Å². The molecule has 0 saturated heterocycles. The average molecular weight is 507 g/mol. The summed E-state index contributed by atoms with van der Waals surface area (Å²) in [6.45, 7) is 0. The number of halogens is 3. The van der Waals surface area contributed by atoms with E-state index in [0.717, 1.165) is 4.90 Å². The number of anilines is 3. The topological polar surface area (TPSA) is 98.7 Å². The minimum atomic E-state index is -1.43. The lowest BCUT2D eigenvalue weighted by molar-refractivity contribution is -0.122. The van der Waals surface area contributed by atoms with Gasteiger partial charge in [-0.05, 0) is 54.6 Å². The van der Waals surface area contributed by atoms with E-state index in [-0.39, 0.29) is 10.7 Å². The monoisotopic (exact) mass is 505 g/mol. The van der Waals surface area contributed by atoms with Gasteiger partial charge < -0.3 is 15.7 Å². The summed E-state index contributed by atoms with van der Waals surface area (Å²) >= 11 is 18.0. The summed E-state index contributed by atoms with van der Waals surface area (Å²) in [5.41, 5.74) is 0.895. The first-order valence-corrected chi connectivity index (χ1v) is 10.8. The van der Waals surface area contributed by atoms with Crippen LogP contribution in [0.1, 0.15) is 6.42 Å². The third-order valence-electron chi connectivity index (χ3n) is 4.49. The lowest BCUT2D eigenvalue weighted by Crippen LogP contribution is -2.49. The van der Waals surface area contributed by atoms with Gasteiger partial charge in [0.15, 0.2) is 0 Å². The molecule has 1 atom stereocenters. The largest absolute Gasteiger partial charge is 0.465 e. The van der Waals surface area contributed by atoms with Gasteiger partial charge in [-0.15, -0.1) is 0 Å². The van der Waals surface area contributed by atoms with Crippen LogP contribution in [-0.2, 0) is 9.59 Å². The lowest BCUT2D eigenvalue weighted by atomic mass is 10.1. The van der Waals surface area contributed by atoms with Crippen LogP contribution < -0.4 is 15.5 Å². The molecule has 3 N–H and O–H groups in total. The fourth-order valence-electron chi connectivity index (χ4n) is 3.10. The predicted octanol–water partition coefficient (Wildman–Crippen LogP) is 6.17. The predicted molar refractivity (Wildman–Crippen MR) is 131 cm³/mol. The van der Waals surface area contributed by atoms with Crippen LogP contribution in [-0.4, -0.2) is 29.1 Å². The molecule has 10 heteroatoms. The molecule has 7 nitrogen and oxygen atoms in total. The Bertz CT molecular complexity index is 1190. The Morgan fingerprint density at radius 3 is 1.82 bits per heavy atom. The van der Waals surface area contributed by atoms with E-state index in [1.165, 1.54) is 24.3 Å². The molecule has 0 spiro atoms. The Morgan fingerprint density at radius 1 is 0.788 bits per heavy atom. The maximum absolute atomic E-state index is 13.2. The molecule has 1 unspecified atom stereocenters. The number of benzene rings is 3. The highest BCUT2D eigenvalue weighted by atomic mass is 35.5. The van der Waals surface area contributed by atoms with Gasteiger partial charge in [0.25, 0.3) is 0 Å². The standard InChI is InChI=1S/C23H18Cl3N3O4/c24-14-4-1-7-17(10-14)27-21(30)13-20(22(31)28-18-8-2-5-15(25)11-18)29(23(32)33)19-9-3-6-16(26)12-19/h1-12,20H,13H2,(H,27,30)(H,28,31)(H,32,33). The van der Waals surface area contributed by atoms with E-state index in [4.69, 9.17) is 34.8 Å². The Labute approximate surface area is 204 Å². The maximum Gasteiger partial charge on any atom is 0.412 e. The number of nitrogens with zero attached hydrogens (tertiary/aromatic N) is 1. The van der Waals surface area contributed by atoms with Crippen LogP contribution in [0.25, 0.3) is 0 Å². The van der Waals surface area contributed by atoms with E-state index >= 15 is 0 Å². The molecule has 0 aliphatic rings. The molecule has 3 aromatic rings. The summed E-state index contributed by atoms with van der Waals surface area (Å²) in [6, 6.07) is 17.4. The second-order valence-electron chi connectivity index (χ2n) is 6.91. The Balaban J connectivity index is 1.92. The van der Waals surface area contributed by atoms with Gasteiger partial charge in [-0.25, -0.2) is 4.79 Å². The van der Waals surface area contributed by atoms with Crippen LogP contribution in [0.5, 0.6) is 0 Å². The molecule has 33 heavy (non-hydrogen) atoms. The highest BCUT2D eigenvalue weighted by molar-refractivity contribution is 6.31. The molecule has 0 aliphatic carbocycles. The maximum atomic E-state index is 13.2. The summed E-state index contributed by atoms with van der Waals surface area (Å²) in [4.78, 5) is 38.9. The molecule has 170 valence electrons. The van der Waals surface area contributed by atoms with Crippen molar-refractivity contribution in [3.63, 3.8) is 0 Å². The third kappa shape index (κ3) is 6.86. The zero-order chi connectivity index (χ0) is 24.0. The van der Waals surface area contributed by atoms with Crippen LogP contribution in [0, 0.1) is 0 Å². The normalized spacial score (nSPS) is 11.4. The second kappa shape index (κ2) is 11.0. The molecule has 3 amide bonds. The first-order valence-electron chi connectivity index (χ1n) is 9.62. The number of hydrogen-bond donors (Lipinski definition) is 3. The van der Waals surface area contributed by atoms with Crippen molar-refractivity contribution < 1.29 is 19.5 Å². The molecule has 0 heterocycles. The van der Waals surface area contributed by atoms with Crippen molar-refractivity contribution in [3.8, 4) is 0 Å². The minimum absolute atomic E-state index is 0.136. The highest BCUT2D eigenvalue weighted by Gasteiger charge is 2.33. The average Bonchev–Trinajstić information content (AvgIpc) is 2.73. The second-order valence-corrected chi connectivity index (χ2v) is 8.22. The molecular formula is C23H18Cl3N3O4. The fourth-order valence-corrected chi connectivity index (χ4v) is 3.66. The summed E-state index contributed by atoms with van der Waals surface area (Å²) in [7, 11) is 0. The fraction of sp³-hybridized carbons (Fsp3) is 0.0870. The van der Waals surface area contributed by atoms with Crippen molar-refractivity contribution in [3.05, 3.63) is 87.9 Å². The quantitative estimate of drug-likeness (QED) is 0.357. The first-order chi connectivity index (χ1) is 15.7. The van der Waals surface area contributed by atoms with Gasteiger partial charge in [-0.1, -0.05) is 53.0 Å². The molecular weight excluding hydrogens is 489 g/mol. The Hall–Kier alpha value is -3.26. The number of amides is 3. The zero-order valence-corrected chi connectivity index (χ0v) is 19.2. The van der Waals surface area contributed by atoms with Gasteiger partial charge in [0, 0.05) is 32.1 Å². The van der Waals surface area contributed by atoms with Gasteiger partial charge in [0.1, 0.15) is 6.04 Å². The highest BCUT2D eigenvalue weighted by Crippen LogP contribution is 2.25. The Kier molecular flexibility index (Phi) is 8.16. The molecule has 0 fully saturated rings. The van der Waals surface area contributed by atoms with Crippen LogP contribution >= 0.6 is 34.8 Å². The van der Waals surface area contributed by atoms with Crippen molar-refractivity contribution in [2.24, 2.45) is 0 Å². The molecule has 0 bridgehead atoms. The third-order valence-corrected chi connectivity index (χ3v) is 5.19. The minimum Gasteiger partial charge on any atom is -0.465 e. The molecule has 3 aromatic carbocycles. The summed E-state index contributed by atoms with van der Waals surface area (Å²) in [5, 5.41) is 16.2. The summed E-state index contributed by atoms with van der Waals surface area (Å²) in [6.07, 6.45) is -1.91. The van der Waals surface area contributed by atoms with Crippen LogP contribution in [0.3, 0.4) is 0 Å². The lowest BCUT2D eigenvalue weighted by Gasteiger charge is -2.28. The Morgan fingerprint density at radius 2 is 1.30 bits per heavy atom. The van der Waals surface area contributed by atoms with Gasteiger partial charge in [-0.3, -0.25) is 14.5 Å². The summed E-state index contributed by atoms with van der Waals surface area (Å²) in [5.74, 6) is -1.31. The summed E-state index contributed by atoms with van der Waals surface area (Å²) < 4.78 is 0. The van der Waals surface area contributed by atoms with Crippen molar-refractivity contribution in [1.29, 1.82) is 0 Å². The van der Waals surface area contributed by atoms with E-state index in [1.54, 1.807) is 48.5 Å². The van der Waals surface area contributed by atoms with Gasteiger partial charge in [0.2, 0.25) is 11.8 Å². The van der Waals surface area contributed by atoms with Crippen molar-refractivity contribution >= 4 is 69.8 Å². The van der Waals surface area contributed by atoms with Crippen LogP contribution in [0.2, 0.25) is 15.1 Å². The van der Waals surface area contributed by atoms with E-state index in [1.807, 2.05) is 0 Å². The number of hydrogen-bond acceptors (Lipinski definition) is 3. The molecule has 0 radical (unpaired) electrons. The molecule has 0 saturated carbocycles. The smallest absolute Gasteiger partial charge is 0.412 e. The number of rotatable bonds is 7. The molecule has 0 aromatic heterocycles. The first kappa shape index (κ1) is 24.4.